The summed E-state index contributed by atoms with van der Waals surface area (Å²) in [4.78, 5) is 20.1. The number of carbonyl (C=O) groups excluding carboxylic acids is 1. The van der Waals surface area contributed by atoms with Crippen molar-refractivity contribution in [3.05, 3.63) is 99.0 Å². The predicted molar refractivity (Wildman–Crippen MR) is 185 cm³/mol. The summed E-state index contributed by atoms with van der Waals surface area (Å²) in [6.45, 7) is 12.8. The average Bonchev–Trinajstić information content (AvgIpc) is 3.64. The third kappa shape index (κ3) is 6.24. The molecule has 2 atom stereocenters. The molecule has 0 saturated heterocycles. The van der Waals surface area contributed by atoms with Crippen LogP contribution in [0.1, 0.15) is 72.3 Å². The van der Waals surface area contributed by atoms with Crippen molar-refractivity contribution in [1.29, 1.82) is 0 Å². The van der Waals surface area contributed by atoms with Gasteiger partial charge in [-0.15, -0.1) is 16.4 Å². The Morgan fingerprint density at radius 2 is 1.79 bits per heavy atom. The fourth-order valence-electron chi connectivity index (χ4n) is 6.28. The van der Waals surface area contributed by atoms with Crippen LogP contribution in [0.5, 0.6) is 5.75 Å². The Balaban J connectivity index is 1.41. The smallest absolute Gasteiger partial charge is 0.312 e. The lowest BCUT2D eigenvalue weighted by Gasteiger charge is -2.32. The van der Waals surface area contributed by atoms with Crippen LogP contribution in [-0.2, 0) is 39.3 Å². The number of fused-ring (bicyclic) bond motifs is 2. The molecule has 10 nitrogen and oxygen atoms in total. The van der Waals surface area contributed by atoms with Crippen molar-refractivity contribution in [2.75, 3.05) is 6.54 Å². The van der Waals surface area contributed by atoms with Gasteiger partial charge in [0.15, 0.2) is 0 Å². The van der Waals surface area contributed by atoms with Crippen molar-refractivity contribution in [3.8, 4) is 5.75 Å². The molecule has 2 aromatic heterocycles. The van der Waals surface area contributed by atoms with Gasteiger partial charge in [0.25, 0.3) is 0 Å². The Morgan fingerprint density at radius 1 is 1.06 bits per heavy atom. The van der Waals surface area contributed by atoms with E-state index in [0.717, 1.165) is 32.6 Å². The number of rotatable bonds is 10. The maximum absolute atomic E-state index is 14.0. The van der Waals surface area contributed by atoms with Crippen molar-refractivity contribution < 1.29 is 22.7 Å². The van der Waals surface area contributed by atoms with E-state index in [-0.39, 0.29) is 36.7 Å². The summed E-state index contributed by atoms with van der Waals surface area (Å²) in [6.07, 6.45) is 0.340. The summed E-state index contributed by atoms with van der Waals surface area (Å²) >= 11 is 1.47. The zero-order valence-electron chi connectivity index (χ0n) is 28.1. The zero-order valence-corrected chi connectivity index (χ0v) is 29.8. The molecule has 1 aliphatic rings. The van der Waals surface area contributed by atoms with Gasteiger partial charge in [-0.2, -0.15) is 4.31 Å². The van der Waals surface area contributed by atoms with E-state index in [1.165, 1.54) is 15.6 Å². The molecule has 3 heterocycles. The highest BCUT2D eigenvalue weighted by Gasteiger charge is 2.44. The second-order valence-electron chi connectivity index (χ2n) is 12.7. The van der Waals surface area contributed by atoms with Crippen LogP contribution in [0.3, 0.4) is 0 Å². The number of thiazole rings is 1. The molecule has 48 heavy (non-hydrogen) atoms. The molecule has 3 aromatic carbocycles. The van der Waals surface area contributed by atoms with Gasteiger partial charge in [0.2, 0.25) is 10.0 Å². The second kappa shape index (κ2) is 13.4. The lowest BCUT2D eigenvalue weighted by atomic mass is 9.73. The van der Waals surface area contributed by atoms with Gasteiger partial charge in [-0.05, 0) is 75.9 Å². The van der Waals surface area contributed by atoms with E-state index in [9.17, 15) is 13.2 Å². The summed E-state index contributed by atoms with van der Waals surface area (Å²) in [5, 5.41) is 9.51. The summed E-state index contributed by atoms with van der Waals surface area (Å²) < 4.78 is 43.2. The molecule has 0 bridgehead atoms. The first kappa shape index (κ1) is 33.8. The number of sulfonamides is 1. The lowest BCUT2D eigenvalue weighted by molar-refractivity contribution is -0.156. The van der Waals surface area contributed by atoms with E-state index < -0.39 is 21.4 Å². The highest BCUT2D eigenvalue weighted by atomic mass is 32.2. The van der Waals surface area contributed by atoms with Gasteiger partial charge in [-0.3, -0.25) is 4.79 Å². The third-order valence-corrected chi connectivity index (χ3v) is 12.1. The van der Waals surface area contributed by atoms with Crippen molar-refractivity contribution in [2.45, 2.75) is 84.6 Å². The summed E-state index contributed by atoms with van der Waals surface area (Å²) in [5.74, 6) is -0.510. The van der Waals surface area contributed by atoms with Crippen LogP contribution in [0.4, 0.5) is 0 Å². The molecule has 12 heteroatoms. The number of nitrogens with zero attached hydrogens (tertiary/aromatic N) is 5. The molecule has 0 fully saturated rings. The molecular weight excluding hydrogens is 647 g/mol. The van der Waals surface area contributed by atoms with E-state index in [0.29, 0.717) is 29.4 Å². The normalized spacial score (nSPS) is 17.0. The quantitative estimate of drug-likeness (QED) is 0.148. The van der Waals surface area contributed by atoms with Crippen molar-refractivity contribution in [1.82, 2.24) is 24.3 Å². The molecule has 252 valence electrons. The number of aryl methyl sites for hydroxylation is 3. The van der Waals surface area contributed by atoms with Crippen LogP contribution in [0.25, 0.3) is 11.0 Å². The molecule has 0 radical (unpaired) electrons. The van der Waals surface area contributed by atoms with E-state index in [1.807, 2.05) is 88.7 Å². The van der Waals surface area contributed by atoms with Crippen LogP contribution in [0.15, 0.2) is 71.6 Å². The maximum Gasteiger partial charge on any atom is 0.312 e. The van der Waals surface area contributed by atoms with E-state index >= 15 is 0 Å². The molecule has 0 amide bonds. The Morgan fingerprint density at radius 3 is 2.52 bits per heavy atom. The van der Waals surface area contributed by atoms with E-state index in [4.69, 9.17) is 14.5 Å². The number of ether oxygens (including phenoxy) is 2. The molecule has 5 aromatic rings. The molecule has 6 rings (SSSR count). The SMILES string of the molecule is CC[C@@H]1CN(Cc2nc(C(c3ccc4c(nnn4CC)c3C)C(C)(C)C(=O)OCc3ccccc3)sc2C)S(=O)(=O)c2ccccc2O1. The Bertz CT molecular complexity index is 2060. The van der Waals surface area contributed by atoms with Gasteiger partial charge in [0.05, 0.1) is 35.6 Å². The maximum atomic E-state index is 14.0. The minimum Gasteiger partial charge on any atom is -0.488 e. The Hall–Kier alpha value is -4.13. The fraction of sp³-hybridized carbons (Fsp3) is 0.389. The number of aromatic nitrogens is 4. The number of carbonyl (C=O) groups is 1. The van der Waals surface area contributed by atoms with Crippen molar-refractivity contribution in [3.63, 3.8) is 0 Å². The first-order chi connectivity index (χ1) is 22.9. The molecule has 0 spiro atoms. The van der Waals surface area contributed by atoms with Crippen molar-refractivity contribution >= 4 is 38.4 Å². The Labute approximate surface area is 285 Å². The minimum absolute atomic E-state index is 0.0767. The van der Waals surface area contributed by atoms with Crippen molar-refractivity contribution in [2.24, 2.45) is 5.41 Å². The van der Waals surface area contributed by atoms with E-state index in [1.54, 1.807) is 24.3 Å². The van der Waals surface area contributed by atoms with Gasteiger partial charge in [0.1, 0.15) is 33.9 Å². The molecule has 1 aliphatic heterocycles. The number of esters is 1. The topological polar surface area (TPSA) is 117 Å². The predicted octanol–water partition coefficient (Wildman–Crippen LogP) is 6.79. The van der Waals surface area contributed by atoms with E-state index in [2.05, 4.69) is 10.3 Å². The highest BCUT2D eigenvalue weighted by molar-refractivity contribution is 7.89. The van der Waals surface area contributed by atoms with Gasteiger partial charge < -0.3 is 9.47 Å². The Kier molecular flexibility index (Phi) is 9.43. The van der Waals surface area contributed by atoms with Crippen LogP contribution >= 0.6 is 11.3 Å². The van der Waals surface area contributed by atoms with Gasteiger partial charge in [-0.1, -0.05) is 60.7 Å². The zero-order chi connectivity index (χ0) is 34.2. The van der Waals surface area contributed by atoms with Crippen LogP contribution in [0.2, 0.25) is 0 Å². The van der Waals surface area contributed by atoms with Crippen LogP contribution in [-0.4, -0.2) is 51.3 Å². The molecule has 0 N–H and O–H groups in total. The summed E-state index contributed by atoms with van der Waals surface area (Å²) in [5.41, 5.74) is 3.97. The number of hydrogen-bond acceptors (Lipinski definition) is 9. The first-order valence-corrected chi connectivity index (χ1v) is 18.5. The number of hydrogen-bond donors (Lipinski definition) is 0. The molecular formula is C36H41N5O5S2. The largest absolute Gasteiger partial charge is 0.488 e. The highest BCUT2D eigenvalue weighted by Crippen LogP contribution is 2.46. The van der Waals surface area contributed by atoms with Gasteiger partial charge in [-0.25, -0.2) is 18.1 Å². The number of benzene rings is 3. The first-order valence-electron chi connectivity index (χ1n) is 16.2. The molecule has 0 aliphatic carbocycles. The van der Waals surface area contributed by atoms with Gasteiger partial charge in [0, 0.05) is 11.4 Å². The summed E-state index contributed by atoms with van der Waals surface area (Å²) in [7, 11) is -3.87. The number of para-hydroxylation sites is 1. The molecule has 1 unspecified atom stereocenters. The molecule has 0 saturated carbocycles. The van der Waals surface area contributed by atoms with Crippen LogP contribution in [0, 0.1) is 19.3 Å². The lowest BCUT2D eigenvalue weighted by Crippen LogP contribution is -2.36. The monoisotopic (exact) mass is 687 g/mol. The van der Waals surface area contributed by atoms with Crippen LogP contribution < -0.4 is 4.74 Å². The second-order valence-corrected chi connectivity index (χ2v) is 15.9. The van der Waals surface area contributed by atoms with Gasteiger partial charge >= 0.3 is 5.97 Å². The fourth-order valence-corrected chi connectivity index (χ4v) is 9.07. The minimum atomic E-state index is -3.87. The summed E-state index contributed by atoms with van der Waals surface area (Å²) in [6, 6.07) is 20.4. The third-order valence-electron chi connectivity index (χ3n) is 9.16. The average molecular weight is 688 g/mol. The standard InChI is InChI=1S/C36H41N5O5S2/c1-7-26-20-40(48(43,44)31-17-13-12-16-30(31)46-26)21-28-24(4)47-34(37-28)32(27-18-19-29-33(23(27)3)38-39-41(29)8-2)36(5,6)35(42)45-22-25-14-10-9-11-15-25/h9-19,26,32H,7-8,20-22H2,1-6H3/t26-,32?/m1/s1.